The molecule has 0 N–H and O–H groups in total. The highest BCUT2D eigenvalue weighted by Crippen LogP contribution is 2.32. The summed E-state index contributed by atoms with van der Waals surface area (Å²) in [6, 6.07) is 9.42. The second-order valence-electron chi connectivity index (χ2n) is 8.50. The van der Waals surface area contributed by atoms with Gasteiger partial charge in [-0.3, -0.25) is 9.59 Å². The molecular formula is C24H33N5O4. The Hall–Kier alpha value is -3.36. The van der Waals surface area contributed by atoms with Crippen molar-refractivity contribution in [2.24, 2.45) is 5.92 Å². The number of nitrogens with zero attached hydrogens (tertiary/aromatic N) is 5. The second kappa shape index (κ2) is 11.0. The van der Waals surface area contributed by atoms with Crippen LogP contribution in [0.15, 0.2) is 30.3 Å². The third-order valence-electron chi connectivity index (χ3n) is 5.65. The van der Waals surface area contributed by atoms with Gasteiger partial charge in [-0.1, -0.05) is 13.8 Å². The molecule has 1 fully saturated rings. The highest BCUT2D eigenvalue weighted by molar-refractivity contribution is 5.84. The van der Waals surface area contributed by atoms with Gasteiger partial charge in [-0.25, -0.2) is 0 Å². The summed E-state index contributed by atoms with van der Waals surface area (Å²) in [5.41, 5.74) is 1.55. The number of carbonyl (C=O) groups excluding carboxylic acids is 2. The van der Waals surface area contributed by atoms with Crippen molar-refractivity contribution in [1.82, 2.24) is 20.0 Å². The van der Waals surface area contributed by atoms with Crippen molar-refractivity contribution in [3.8, 4) is 22.8 Å². The zero-order chi connectivity index (χ0) is 24.0. The van der Waals surface area contributed by atoms with Crippen LogP contribution in [0.1, 0.15) is 20.8 Å². The summed E-state index contributed by atoms with van der Waals surface area (Å²) in [7, 11) is 3.22. The van der Waals surface area contributed by atoms with Gasteiger partial charge in [0.15, 0.2) is 5.82 Å². The average Bonchev–Trinajstić information content (AvgIpc) is 2.83. The smallest absolute Gasteiger partial charge is 0.242 e. The molecule has 1 saturated heterocycles. The maximum atomic E-state index is 12.7. The second-order valence-corrected chi connectivity index (χ2v) is 8.50. The van der Waals surface area contributed by atoms with Crippen molar-refractivity contribution in [3.05, 3.63) is 30.3 Å². The molecule has 9 nitrogen and oxygen atoms in total. The molecule has 3 rings (SSSR count). The fourth-order valence-electron chi connectivity index (χ4n) is 3.84. The number of anilines is 1. The number of piperazine rings is 1. The monoisotopic (exact) mass is 455 g/mol. The van der Waals surface area contributed by atoms with E-state index in [1.54, 1.807) is 19.1 Å². The van der Waals surface area contributed by atoms with E-state index in [9.17, 15) is 9.59 Å². The van der Waals surface area contributed by atoms with E-state index >= 15 is 0 Å². The number of hydrogen-bond acceptors (Lipinski definition) is 7. The van der Waals surface area contributed by atoms with Gasteiger partial charge in [-0.15, -0.1) is 10.2 Å². The van der Waals surface area contributed by atoms with Gasteiger partial charge in [0.2, 0.25) is 11.8 Å². The summed E-state index contributed by atoms with van der Waals surface area (Å²) in [6.45, 7) is 8.80. The first kappa shape index (κ1) is 24.3. The molecule has 2 heterocycles. The Morgan fingerprint density at radius 3 is 2.30 bits per heavy atom. The zero-order valence-electron chi connectivity index (χ0n) is 20.1. The molecule has 33 heavy (non-hydrogen) atoms. The van der Waals surface area contributed by atoms with Gasteiger partial charge in [-0.2, -0.15) is 0 Å². The number of rotatable bonds is 8. The summed E-state index contributed by atoms with van der Waals surface area (Å²) in [5, 5.41) is 8.80. The zero-order valence-corrected chi connectivity index (χ0v) is 20.1. The van der Waals surface area contributed by atoms with Crippen molar-refractivity contribution in [2.45, 2.75) is 20.8 Å². The molecule has 0 spiro atoms. The van der Waals surface area contributed by atoms with Gasteiger partial charge >= 0.3 is 0 Å². The number of hydrogen-bond donors (Lipinski definition) is 0. The Kier molecular flexibility index (Phi) is 8.08. The Morgan fingerprint density at radius 1 is 1.03 bits per heavy atom. The first-order valence-electron chi connectivity index (χ1n) is 11.2. The molecule has 0 saturated carbocycles. The molecular weight excluding hydrogens is 422 g/mol. The predicted octanol–water partition coefficient (Wildman–Crippen LogP) is 2.31. The van der Waals surface area contributed by atoms with Crippen LogP contribution < -0.4 is 14.4 Å². The minimum Gasteiger partial charge on any atom is -0.497 e. The van der Waals surface area contributed by atoms with Crippen LogP contribution in [0.25, 0.3) is 11.3 Å². The van der Waals surface area contributed by atoms with Gasteiger partial charge in [-0.05, 0) is 30.2 Å². The summed E-state index contributed by atoms with van der Waals surface area (Å²) in [6.07, 6.45) is 0. The third-order valence-corrected chi connectivity index (χ3v) is 5.65. The van der Waals surface area contributed by atoms with Crippen LogP contribution in [0.3, 0.4) is 0 Å². The van der Waals surface area contributed by atoms with Crippen molar-refractivity contribution in [2.75, 3.05) is 58.4 Å². The molecule has 1 aromatic heterocycles. The number of ether oxygens (including phenoxy) is 2. The highest BCUT2D eigenvalue weighted by atomic mass is 16.5. The third kappa shape index (κ3) is 6.12. The molecule has 178 valence electrons. The molecule has 2 amide bonds. The fraction of sp³-hybridized carbons (Fsp3) is 0.500. The van der Waals surface area contributed by atoms with Crippen LogP contribution in [0.2, 0.25) is 0 Å². The van der Waals surface area contributed by atoms with Crippen LogP contribution in [0, 0.1) is 5.92 Å². The maximum Gasteiger partial charge on any atom is 0.242 e. The van der Waals surface area contributed by atoms with E-state index in [1.807, 2.05) is 49.1 Å². The van der Waals surface area contributed by atoms with Crippen molar-refractivity contribution in [3.63, 3.8) is 0 Å². The van der Waals surface area contributed by atoms with Crippen molar-refractivity contribution < 1.29 is 19.1 Å². The van der Waals surface area contributed by atoms with E-state index in [2.05, 4.69) is 15.1 Å². The molecule has 0 bridgehead atoms. The number of carbonyl (C=O) groups is 2. The Morgan fingerprint density at radius 2 is 1.76 bits per heavy atom. The van der Waals surface area contributed by atoms with E-state index in [-0.39, 0.29) is 18.4 Å². The lowest BCUT2D eigenvalue weighted by Gasteiger charge is -2.36. The SMILES string of the molecule is COc1ccc(-c2ccc(N3CCN(C(=O)CN(CC(C)C)C(C)=O)CC3)nn2)c(OC)c1. The predicted molar refractivity (Wildman–Crippen MR) is 126 cm³/mol. The summed E-state index contributed by atoms with van der Waals surface area (Å²) >= 11 is 0. The lowest BCUT2D eigenvalue weighted by molar-refractivity contribution is -0.140. The minimum atomic E-state index is -0.0699. The van der Waals surface area contributed by atoms with Gasteiger partial charge in [0.05, 0.1) is 26.5 Å². The lowest BCUT2D eigenvalue weighted by Crippen LogP contribution is -2.52. The van der Waals surface area contributed by atoms with E-state index in [1.165, 1.54) is 6.92 Å². The first-order chi connectivity index (χ1) is 15.8. The summed E-state index contributed by atoms with van der Waals surface area (Å²) < 4.78 is 10.7. The topological polar surface area (TPSA) is 88.1 Å². The normalized spacial score (nSPS) is 13.8. The maximum absolute atomic E-state index is 12.7. The molecule has 1 aromatic carbocycles. The van der Waals surface area contributed by atoms with Gasteiger partial charge < -0.3 is 24.2 Å². The Labute approximate surface area is 195 Å². The highest BCUT2D eigenvalue weighted by Gasteiger charge is 2.25. The quantitative estimate of drug-likeness (QED) is 0.604. The minimum absolute atomic E-state index is 0.0152. The van der Waals surface area contributed by atoms with E-state index in [0.717, 1.165) is 11.4 Å². The molecule has 9 heteroatoms. The van der Waals surface area contributed by atoms with Gasteiger partial charge in [0.25, 0.3) is 0 Å². The van der Waals surface area contributed by atoms with E-state index in [0.29, 0.717) is 55.8 Å². The molecule has 0 unspecified atom stereocenters. The Bertz CT molecular complexity index is 956. The number of amides is 2. The molecule has 1 aliphatic heterocycles. The molecule has 1 aliphatic rings. The Balaban J connectivity index is 1.60. The molecule has 0 aliphatic carbocycles. The number of methoxy groups -OCH3 is 2. The molecule has 2 aromatic rings. The fourth-order valence-corrected chi connectivity index (χ4v) is 3.84. The number of aromatic nitrogens is 2. The van der Waals surface area contributed by atoms with Gasteiger partial charge in [0, 0.05) is 51.3 Å². The lowest BCUT2D eigenvalue weighted by atomic mass is 10.1. The van der Waals surface area contributed by atoms with E-state index in [4.69, 9.17) is 9.47 Å². The van der Waals surface area contributed by atoms with Crippen LogP contribution >= 0.6 is 0 Å². The molecule has 0 radical (unpaired) electrons. The number of benzene rings is 1. The van der Waals surface area contributed by atoms with Crippen LogP contribution in [0.5, 0.6) is 11.5 Å². The standard InChI is InChI=1S/C24H33N5O4/c1-17(2)15-29(18(3)30)16-24(31)28-12-10-27(11-13-28)23-9-8-21(25-26-23)20-7-6-19(32-4)14-22(20)33-5/h6-9,14,17H,10-13,15-16H2,1-5H3. The van der Waals surface area contributed by atoms with Crippen molar-refractivity contribution >= 4 is 17.6 Å². The van der Waals surface area contributed by atoms with Crippen molar-refractivity contribution in [1.29, 1.82) is 0 Å². The van der Waals surface area contributed by atoms with E-state index < -0.39 is 0 Å². The van der Waals surface area contributed by atoms with Crippen LogP contribution in [0.4, 0.5) is 5.82 Å². The molecule has 0 atom stereocenters. The first-order valence-corrected chi connectivity index (χ1v) is 11.2. The summed E-state index contributed by atoms with van der Waals surface area (Å²) in [5.74, 6) is 2.38. The van der Waals surface area contributed by atoms with Gasteiger partial charge in [0.1, 0.15) is 11.5 Å². The average molecular weight is 456 g/mol. The van der Waals surface area contributed by atoms with Crippen LogP contribution in [-0.4, -0.2) is 85.3 Å². The largest absolute Gasteiger partial charge is 0.497 e. The van der Waals surface area contributed by atoms with Crippen LogP contribution in [-0.2, 0) is 9.59 Å². The summed E-state index contributed by atoms with van der Waals surface area (Å²) in [4.78, 5) is 30.1.